The van der Waals surface area contributed by atoms with Crippen molar-refractivity contribution in [1.29, 1.82) is 0 Å². The predicted molar refractivity (Wildman–Crippen MR) is 66.3 cm³/mol. The van der Waals surface area contributed by atoms with Gasteiger partial charge in [0.05, 0.1) is 12.1 Å². The van der Waals surface area contributed by atoms with Crippen molar-refractivity contribution < 1.29 is 22.4 Å². The van der Waals surface area contributed by atoms with Gasteiger partial charge in [-0.2, -0.15) is 0 Å². The monoisotopic (exact) mass is 295 g/mol. The zero-order valence-corrected chi connectivity index (χ0v) is 10.7. The maximum Gasteiger partial charge on any atom is 0.258 e. The molecule has 108 valence electrons. The van der Waals surface area contributed by atoms with E-state index >= 15 is 0 Å². The minimum atomic E-state index is -1.96. The van der Waals surface area contributed by atoms with Crippen LogP contribution >= 0.6 is 0 Å². The number of carbonyl (C=O) groups excluding carboxylic acids is 1. The highest BCUT2D eigenvalue weighted by molar-refractivity contribution is 5.98. The molecule has 0 spiro atoms. The maximum absolute atomic E-state index is 13.7. The summed E-state index contributed by atoms with van der Waals surface area (Å²) in [5.41, 5.74) is -0.407. The predicted octanol–water partition coefficient (Wildman–Crippen LogP) is 3.40. The minimum Gasteiger partial charge on any atom is -0.330 e. The average Bonchev–Trinajstić information content (AvgIpc) is 2.81. The number of hydrogen-bond donors (Lipinski definition) is 0. The molecule has 1 heterocycles. The topological polar surface area (TPSA) is 20.3 Å². The van der Waals surface area contributed by atoms with Gasteiger partial charge >= 0.3 is 0 Å². The van der Waals surface area contributed by atoms with Crippen molar-refractivity contribution in [3.63, 3.8) is 0 Å². The summed E-state index contributed by atoms with van der Waals surface area (Å²) >= 11 is 0. The first-order valence-electron chi connectivity index (χ1n) is 6.18. The number of amides is 1. The number of fused-ring (bicyclic) bond motifs is 1. The smallest absolute Gasteiger partial charge is 0.258 e. The molecule has 3 rings (SSSR count). The standard InChI is InChI=1S/C15H9F4NO/c16-11-9-7-20(6-8-4-2-1-3-5-8)15(21)10(9)12(17)14(19)13(11)18/h1-5H,6-7H2. The highest BCUT2D eigenvalue weighted by Gasteiger charge is 2.37. The molecule has 0 atom stereocenters. The second-order valence-electron chi connectivity index (χ2n) is 4.76. The van der Waals surface area contributed by atoms with E-state index < -0.39 is 40.3 Å². The number of benzene rings is 2. The summed E-state index contributed by atoms with van der Waals surface area (Å²) in [5.74, 6) is -7.83. The number of halogens is 4. The van der Waals surface area contributed by atoms with E-state index in [-0.39, 0.29) is 13.1 Å². The molecule has 0 aliphatic carbocycles. The molecule has 2 nitrogen and oxygen atoms in total. The second kappa shape index (κ2) is 4.87. The van der Waals surface area contributed by atoms with Crippen molar-refractivity contribution in [2.45, 2.75) is 13.1 Å². The molecule has 1 aliphatic heterocycles. The Labute approximate surface area is 117 Å². The fraction of sp³-hybridized carbons (Fsp3) is 0.133. The highest BCUT2D eigenvalue weighted by Crippen LogP contribution is 2.32. The van der Waals surface area contributed by atoms with Gasteiger partial charge in [-0.3, -0.25) is 4.79 Å². The SMILES string of the molecule is O=C1c2c(F)c(F)c(F)c(F)c2CN1Cc1ccccc1. The number of rotatable bonds is 2. The van der Waals surface area contributed by atoms with Crippen LogP contribution in [0, 0.1) is 23.3 Å². The summed E-state index contributed by atoms with van der Waals surface area (Å²) in [6, 6.07) is 8.77. The lowest BCUT2D eigenvalue weighted by Crippen LogP contribution is -2.23. The van der Waals surface area contributed by atoms with Crippen LogP contribution in [-0.2, 0) is 13.1 Å². The second-order valence-corrected chi connectivity index (χ2v) is 4.76. The molecular weight excluding hydrogens is 286 g/mol. The van der Waals surface area contributed by atoms with Gasteiger partial charge in [-0.05, 0) is 5.56 Å². The number of carbonyl (C=O) groups is 1. The summed E-state index contributed by atoms with van der Waals surface area (Å²) in [6.45, 7) is -0.181. The van der Waals surface area contributed by atoms with Gasteiger partial charge in [-0.1, -0.05) is 30.3 Å². The third kappa shape index (κ3) is 2.07. The van der Waals surface area contributed by atoms with E-state index in [1.54, 1.807) is 30.3 Å². The minimum absolute atomic E-state index is 0.108. The molecule has 1 aliphatic rings. The van der Waals surface area contributed by atoms with E-state index in [1.165, 1.54) is 0 Å². The molecule has 21 heavy (non-hydrogen) atoms. The Morgan fingerprint density at radius 1 is 0.905 bits per heavy atom. The Balaban J connectivity index is 2.00. The molecule has 0 radical (unpaired) electrons. The normalized spacial score (nSPS) is 13.7. The summed E-state index contributed by atoms with van der Waals surface area (Å²) in [5, 5.41) is 0. The van der Waals surface area contributed by atoms with Crippen LogP contribution in [0.2, 0.25) is 0 Å². The lowest BCUT2D eigenvalue weighted by molar-refractivity contribution is 0.0762. The Kier molecular flexibility index (Phi) is 3.16. The van der Waals surface area contributed by atoms with Crippen LogP contribution in [0.4, 0.5) is 17.6 Å². The molecule has 0 bridgehead atoms. The molecule has 0 saturated heterocycles. The first-order chi connectivity index (χ1) is 10.0. The lowest BCUT2D eigenvalue weighted by Gasteiger charge is -2.15. The molecule has 2 aromatic rings. The molecule has 6 heteroatoms. The van der Waals surface area contributed by atoms with Gasteiger partial charge in [0.25, 0.3) is 5.91 Å². The van der Waals surface area contributed by atoms with Crippen molar-refractivity contribution in [1.82, 2.24) is 4.90 Å². The number of hydrogen-bond acceptors (Lipinski definition) is 1. The van der Waals surface area contributed by atoms with Gasteiger partial charge < -0.3 is 4.90 Å². The molecule has 0 N–H and O–H groups in total. The van der Waals surface area contributed by atoms with Crippen molar-refractivity contribution >= 4 is 5.91 Å². The Morgan fingerprint density at radius 2 is 1.52 bits per heavy atom. The fourth-order valence-corrected chi connectivity index (χ4v) is 2.40. The van der Waals surface area contributed by atoms with Crippen LogP contribution in [0.1, 0.15) is 21.5 Å². The highest BCUT2D eigenvalue weighted by atomic mass is 19.2. The Morgan fingerprint density at radius 3 is 2.19 bits per heavy atom. The molecule has 2 aromatic carbocycles. The molecule has 0 fully saturated rings. The quantitative estimate of drug-likeness (QED) is 0.472. The van der Waals surface area contributed by atoms with E-state index in [9.17, 15) is 22.4 Å². The van der Waals surface area contributed by atoms with Crippen LogP contribution in [0.15, 0.2) is 30.3 Å². The van der Waals surface area contributed by atoms with Crippen LogP contribution in [0.3, 0.4) is 0 Å². The van der Waals surface area contributed by atoms with Crippen molar-refractivity contribution in [3.8, 4) is 0 Å². The van der Waals surface area contributed by atoms with Crippen LogP contribution < -0.4 is 0 Å². The number of nitrogens with zero attached hydrogens (tertiary/aromatic N) is 1. The molecule has 0 aromatic heterocycles. The van der Waals surface area contributed by atoms with Crippen LogP contribution in [-0.4, -0.2) is 10.8 Å². The Bertz CT molecular complexity index is 730. The zero-order chi connectivity index (χ0) is 15.1. The van der Waals surface area contributed by atoms with Crippen LogP contribution in [0.5, 0.6) is 0 Å². The largest absolute Gasteiger partial charge is 0.330 e. The van der Waals surface area contributed by atoms with E-state index in [1.807, 2.05) is 0 Å². The van der Waals surface area contributed by atoms with Gasteiger partial charge in [0.2, 0.25) is 0 Å². The van der Waals surface area contributed by atoms with Crippen LogP contribution in [0.25, 0.3) is 0 Å². The van der Waals surface area contributed by atoms with E-state index in [0.29, 0.717) is 0 Å². The molecule has 1 amide bonds. The molecule has 0 unspecified atom stereocenters. The summed E-state index contributed by atoms with van der Waals surface area (Å²) in [4.78, 5) is 13.2. The van der Waals surface area contributed by atoms with E-state index in [4.69, 9.17) is 0 Å². The first-order valence-corrected chi connectivity index (χ1v) is 6.18. The van der Waals surface area contributed by atoms with Gasteiger partial charge in [-0.15, -0.1) is 0 Å². The summed E-state index contributed by atoms with van der Waals surface area (Å²) in [7, 11) is 0. The van der Waals surface area contributed by atoms with Crippen molar-refractivity contribution in [3.05, 3.63) is 70.3 Å². The third-order valence-electron chi connectivity index (χ3n) is 3.43. The summed E-state index contributed by atoms with van der Waals surface area (Å²) < 4.78 is 53.8. The van der Waals surface area contributed by atoms with E-state index in [2.05, 4.69) is 0 Å². The molecular formula is C15H9F4NO. The Hall–Kier alpha value is -2.37. The zero-order valence-electron chi connectivity index (χ0n) is 10.7. The van der Waals surface area contributed by atoms with Crippen molar-refractivity contribution in [2.75, 3.05) is 0 Å². The first kappa shape index (κ1) is 13.6. The van der Waals surface area contributed by atoms with Gasteiger partial charge in [0.1, 0.15) is 0 Å². The average molecular weight is 295 g/mol. The third-order valence-corrected chi connectivity index (χ3v) is 3.43. The van der Waals surface area contributed by atoms with E-state index in [0.717, 1.165) is 10.5 Å². The fourth-order valence-electron chi connectivity index (χ4n) is 2.40. The summed E-state index contributed by atoms with van der Waals surface area (Å²) in [6.07, 6.45) is 0. The molecule has 0 saturated carbocycles. The van der Waals surface area contributed by atoms with Gasteiger partial charge in [-0.25, -0.2) is 17.6 Å². The maximum atomic E-state index is 13.7. The lowest BCUT2D eigenvalue weighted by atomic mass is 10.1. The van der Waals surface area contributed by atoms with Crippen molar-refractivity contribution in [2.24, 2.45) is 0 Å². The van der Waals surface area contributed by atoms with Gasteiger partial charge in [0, 0.05) is 12.1 Å². The van der Waals surface area contributed by atoms with Gasteiger partial charge in [0.15, 0.2) is 23.3 Å².